The van der Waals surface area contributed by atoms with Gasteiger partial charge in [0.15, 0.2) is 17.7 Å². The van der Waals surface area contributed by atoms with E-state index in [0.717, 1.165) is 16.7 Å². The first kappa shape index (κ1) is 23.9. The van der Waals surface area contributed by atoms with Gasteiger partial charge in [-0.25, -0.2) is 0 Å². The number of nitrogens with zero attached hydrogens (tertiary/aromatic N) is 2. The zero-order valence-electron chi connectivity index (χ0n) is 20.4. The molecule has 0 aliphatic carbocycles. The molecule has 0 radical (unpaired) electrons. The van der Waals surface area contributed by atoms with Crippen LogP contribution in [0, 0.1) is 6.92 Å². The Morgan fingerprint density at radius 2 is 1.81 bits per heavy atom. The van der Waals surface area contributed by atoms with Crippen molar-refractivity contribution in [3.8, 4) is 17.2 Å². The third-order valence-corrected chi connectivity index (χ3v) is 8.16. The number of methoxy groups -OCH3 is 2. The van der Waals surface area contributed by atoms with Crippen LogP contribution >= 0.6 is 0 Å². The minimum Gasteiger partial charge on any atom is -0.501 e. The predicted octanol–water partition coefficient (Wildman–Crippen LogP) is 2.66. The van der Waals surface area contributed by atoms with E-state index >= 15 is 0 Å². The second kappa shape index (κ2) is 9.31. The molecule has 0 saturated heterocycles. The maximum atomic E-state index is 13.6. The summed E-state index contributed by atoms with van der Waals surface area (Å²) >= 11 is 0. The summed E-state index contributed by atoms with van der Waals surface area (Å²) in [6, 6.07) is 14.2. The van der Waals surface area contributed by atoms with Crippen molar-refractivity contribution in [1.29, 1.82) is 0 Å². The van der Waals surface area contributed by atoms with E-state index < -0.39 is 10.0 Å². The minimum absolute atomic E-state index is 0.111. The van der Waals surface area contributed by atoms with Crippen molar-refractivity contribution in [2.75, 3.05) is 32.6 Å². The van der Waals surface area contributed by atoms with E-state index in [0.29, 0.717) is 53.7 Å². The van der Waals surface area contributed by atoms with Gasteiger partial charge in [0.05, 0.1) is 30.5 Å². The normalized spacial score (nSPS) is 14.1. The van der Waals surface area contributed by atoms with Gasteiger partial charge >= 0.3 is 10.0 Å². The van der Waals surface area contributed by atoms with Crippen molar-refractivity contribution in [3.63, 3.8) is 0 Å². The molecule has 3 aromatic carbocycles. The Bertz CT molecular complexity index is 1610. The molecule has 36 heavy (non-hydrogen) atoms. The Hall–Kier alpha value is -3.85. The standard InChI is InChI=1S/C27H27N3O5S/c1-17-4-7-20(8-5-17)36(32,33)30-16-19-11-13-28-21-15-22(27(31)26(30)25(19)21)29-12-10-18-6-9-23(34-2)24(14-18)35-3/h4-9,14-16H,10-13H2,1-3H3,(H,28,29)/p+1. The van der Waals surface area contributed by atoms with Gasteiger partial charge in [0, 0.05) is 18.7 Å². The number of nitrogens with one attached hydrogen (secondary N) is 1. The highest BCUT2D eigenvalue weighted by Crippen LogP contribution is 2.35. The monoisotopic (exact) mass is 506 g/mol. The van der Waals surface area contributed by atoms with Gasteiger partial charge in [-0.15, -0.1) is 0 Å². The van der Waals surface area contributed by atoms with E-state index in [1.807, 2.05) is 25.1 Å². The quantitative estimate of drug-likeness (QED) is 0.360. The Balaban J connectivity index is 1.48. The lowest BCUT2D eigenvalue weighted by molar-refractivity contribution is -0.253. The summed E-state index contributed by atoms with van der Waals surface area (Å²) < 4.78 is 39.0. The number of aromatic hydroxyl groups is 1. The van der Waals surface area contributed by atoms with Crippen LogP contribution in [0.1, 0.15) is 17.5 Å². The molecule has 8 nitrogen and oxygen atoms in total. The second-order valence-electron chi connectivity index (χ2n) is 8.78. The first-order valence-corrected chi connectivity index (χ1v) is 13.1. The van der Waals surface area contributed by atoms with Gasteiger partial charge in [0.2, 0.25) is 5.75 Å². The van der Waals surface area contributed by atoms with E-state index in [9.17, 15) is 13.5 Å². The summed E-state index contributed by atoms with van der Waals surface area (Å²) in [6.07, 6.45) is 2.88. The zero-order chi connectivity index (χ0) is 25.4. The Morgan fingerprint density at radius 3 is 2.53 bits per heavy atom. The molecule has 0 amide bonds. The molecule has 0 aromatic heterocycles. The first-order valence-electron chi connectivity index (χ1n) is 11.7. The fraction of sp³-hybridized carbons (Fsp3) is 0.259. The van der Waals surface area contributed by atoms with Crippen molar-refractivity contribution in [2.45, 2.75) is 24.7 Å². The van der Waals surface area contributed by atoms with Crippen LogP contribution in [0.3, 0.4) is 0 Å². The summed E-state index contributed by atoms with van der Waals surface area (Å²) in [5.41, 5.74) is 3.54. The molecule has 2 aliphatic rings. The van der Waals surface area contributed by atoms with E-state index in [1.54, 1.807) is 50.8 Å². The summed E-state index contributed by atoms with van der Waals surface area (Å²) in [5.74, 6) is 1.19. The van der Waals surface area contributed by atoms with Crippen LogP contribution in [-0.4, -0.2) is 51.0 Å². The van der Waals surface area contributed by atoms with Crippen LogP contribution in [0.15, 0.2) is 58.4 Å². The summed E-state index contributed by atoms with van der Waals surface area (Å²) in [7, 11) is -0.730. The number of hydrogen-bond donors (Lipinski definition) is 2. The molecular weight excluding hydrogens is 478 g/mol. The fourth-order valence-electron chi connectivity index (χ4n) is 4.58. The molecule has 0 unspecified atom stereocenters. The third-order valence-electron chi connectivity index (χ3n) is 6.49. The lowest BCUT2D eigenvalue weighted by atomic mass is 10.1. The lowest BCUT2D eigenvalue weighted by Crippen LogP contribution is -2.32. The molecule has 186 valence electrons. The van der Waals surface area contributed by atoms with Gasteiger partial charge in [0.25, 0.3) is 5.69 Å². The van der Waals surface area contributed by atoms with Gasteiger partial charge in [-0.3, -0.25) is 4.99 Å². The SMILES string of the molecule is COc1ccc(CCNc2cc3c4c(c2O)[N+](S(=O)(=O)c2ccc(C)cc2)=CC=4CCN=3)cc1OC. The Kier molecular flexibility index (Phi) is 6.17. The molecule has 0 bridgehead atoms. The van der Waals surface area contributed by atoms with Gasteiger partial charge in [-0.05, 0) is 55.7 Å². The van der Waals surface area contributed by atoms with Crippen LogP contribution in [0.25, 0.3) is 5.57 Å². The van der Waals surface area contributed by atoms with Crippen molar-refractivity contribution in [3.05, 3.63) is 70.2 Å². The minimum atomic E-state index is -3.92. The highest BCUT2D eigenvalue weighted by atomic mass is 32.2. The molecule has 2 aliphatic heterocycles. The highest BCUT2D eigenvalue weighted by Gasteiger charge is 2.39. The van der Waals surface area contributed by atoms with Crippen molar-refractivity contribution < 1.29 is 27.0 Å². The van der Waals surface area contributed by atoms with Crippen molar-refractivity contribution >= 4 is 33.2 Å². The molecule has 0 saturated carbocycles. The predicted molar refractivity (Wildman–Crippen MR) is 138 cm³/mol. The number of sulfonamides is 1. The average Bonchev–Trinajstić information content (AvgIpc) is 3.29. The third kappa shape index (κ3) is 4.09. The summed E-state index contributed by atoms with van der Waals surface area (Å²) in [5, 5.41) is 15.9. The fourth-order valence-corrected chi connectivity index (χ4v) is 5.97. The van der Waals surface area contributed by atoms with Crippen LogP contribution < -0.4 is 25.4 Å². The molecule has 2 N–H and O–H groups in total. The van der Waals surface area contributed by atoms with Gasteiger partial charge < -0.3 is 19.9 Å². The van der Waals surface area contributed by atoms with E-state index in [4.69, 9.17) is 9.47 Å². The molecular formula is C27H28N3O5S+. The Labute approximate surface area is 209 Å². The Morgan fingerprint density at radius 1 is 1.06 bits per heavy atom. The average molecular weight is 507 g/mol. The lowest BCUT2D eigenvalue weighted by Gasteiger charge is -2.12. The second-order valence-corrected chi connectivity index (χ2v) is 10.6. The highest BCUT2D eigenvalue weighted by molar-refractivity contribution is 7.85. The number of rotatable bonds is 8. The van der Waals surface area contributed by atoms with Crippen molar-refractivity contribution in [2.24, 2.45) is 4.99 Å². The van der Waals surface area contributed by atoms with E-state index in [2.05, 4.69) is 10.3 Å². The van der Waals surface area contributed by atoms with Crippen LogP contribution in [0.2, 0.25) is 0 Å². The number of phenols is 1. The zero-order valence-corrected chi connectivity index (χ0v) is 21.2. The number of hydrogen-bond acceptors (Lipinski definition) is 7. The molecule has 0 fully saturated rings. The molecule has 2 heterocycles. The topological polar surface area (TPSA) is 100 Å². The largest absolute Gasteiger partial charge is 0.501 e. The van der Waals surface area contributed by atoms with Gasteiger partial charge in [-0.1, -0.05) is 27.7 Å². The smallest absolute Gasteiger partial charge is 0.400 e. The van der Waals surface area contributed by atoms with Crippen LogP contribution in [0.4, 0.5) is 11.4 Å². The maximum absolute atomic E-state index is 13.6. The molecule has 5 rings (SSSR count). The molecule has 3 aromatic rings. The molecule has 9 heteroatoms. The van der Waals surface area contributed by atoms with Gasteiger partial charge in [0.1, 0.15) is 4.90 Å². The maximum Gasteiger partial charge on any atom is 0.400 e. The number of benzene rings is 3. The summed E-state index contributed by atoms with van der Waals surface area (Å²) in [6.45, 7) is 2.97. The first-order chi connectivity index (χ1) is 17.3. The number of ether oxygens (including phenoxy) is 2. The van der Waals surface area contributed by atoms with Crippen molar-refractivity contribution in [1.82, 2.24) is 0 Å². The van der Waals surface area contributed by atoms with E-state index in [1.165, 1.54) is 3.98 Å². The molecule has 0 spiro atoms. The summed E-state index contributed by atoms with van der Waals surface area (Å²) in [4.78, 5) is 4.78. The van der Waals surface area contributed by atoms with E-state index in [-0.39, 0.29) is 16.3 Å². The molecule has 0 atom stereocenters. The number of aryl methyl sites for hydroxylation is 1. The van der Waals surface area contributed by atoms with Crippen LogP contribution in [0.5, 0.6) is 17.2 Å². The number of phenolic OH excluding ortho intramolecular Hbond substituents is 1. The van der Waals surface area contributed by atoms with Crippen LogP contribution in [-0.2, 0) is 16.4 Å². The number of anilines is 1. The van der Waals surface area contributed by atoms with Gasteiger partial charge in [-0.2, -0.15) is 8.42 Å².